The maximum absolute atomic E-state index is 13.6. The van der Waals surface area contributed by atoms with Crippen LogP contribution in [0.5, 0.6) is 5.75 Å². The molecule has 6 amide bonds. The molecule has 20 nitrogen and oxygen atoms in total. The number of nitrogens with two attached hydrogens (primary N) is 1. The van der Waals surface area contributed by atoms with E-state index in [1.54, 1.807) is 47.5 Å². The van der Waals surface area contributed by atoms with Crippen molar-refractivity contribution in [2.75, 3.05) is 75.7 Å². The van der Waals surface area contributed by atoms with Crippen LogP contribution >= 0.6 is 0 Å². The molecule has 2 fully saturated rings. The highest BCUT2D eigenvalue weighted by molar-refractivity contribution is 6.07. The van der Waals surface area contributed by atoms with E-state index in [1.807, 2.05) is 16.8 Å². The van der Waals surface area contributed by atoms with Crippen LogP contribution in [0, 0.1) is 0 Å². The molecule has 1 saturated heterocycles. The first-order chi connectivity index (χ1) is 35.7. The summed E-state index contributed by atoms with van der Waals surface area (Å²) >= 11 is 0. The predicted octanol–water partition coefficient (Wildman–Crippen LogP) is 5.74. The molecule has 1 unspecified atom stereocenters. The van der Waals surface area contributed by atoms with Crippen LogP contribution < -0.4 is 36.6 Å². The number of carbonyl (C=O) groups is 5. The molecule has 23 heteroatoms. The maximum Gasteiger partial charge on any atom is 0.416 e. The van der Waals surface area contributed by atoms with Crippen molar-refractivity contribution in [2.24, 2.45) is 0 Å². The van der Waals surface area contributed by atoms with Crippen molar-refractivity contribution in [1.82, 2.24) is 40.6 Å². The van der Waals surface area contributed by atoms with Gasteiger partial charge in [0.1, 0.15) is 23.1 Å². The number of hydrogen-bond acceptors (Lipinski definition) is 14. The Labute approximate surface area is 423 Å². The van der Waals surface area contributed by atoms with Crippen LogP contribution in [0.1, 0.15) is 90.7 Å². The third-order valence-corrected chi connectivity index (χ3v) is 12.9. The largest absolute Gasteiger partial charge is 0.495 e. The van der Waals surface area contributed by atoms with Crippen LogP contribution in [0.3, 0.4) is 0 Å². The summed E-state index contributed by atoms with van der Waals surface area (Å²) in [5.41, 5.74) is 9.53. The Hall–Kier alpha value is -7.63. The molecule has 8 rings (SSSR count). The lowest BCUT2D eigenvalue weighted by Gasteiger charge is -2.31. The number of allylic oxidation sites excluding steroid dienone is 1. The second kappa shape index (κ2) is 23.9. The Balaban J connectivity index is 0.840. The van der Waals surface area contributed by atoms with Crippen LogP contribution in [-0.4, -0.2) is 125 Å². The van der Waals surface area contributed by atoms with E-state index in [-0.39, 0.29) is 100 Å². The maximum atomic E-state index is 13.6. The number of hydrogen-bond donors (Lipinski definition) is 6. The van der Waals surface area contributed by atoms with E-state index in [2.05, 4.69) is 31.2 Å². The number of aliphatic hydroxyl groups is 1. The van der Waals surface area contributed by atoms with Crippen LogP contribution in [0.15, 0.2) is 73.1 Å². The number of pyridine rings is 2. The zero-order chi connectivity index (χ0) is 52.4. The SMILES string of the molecule is COc1ccc(C(=O)NCCOCCOCCC(=O)N2CCC/C=C/c3cnc(N)c4c(-c5ccc(C(O)Nc6cc(C(F)(F)F)ccn6)cc5)nn(c34)[C@@H]3CCC[C@H](C3)NC(=O)C2)cc1N1CCC(=O)NC1=O. The van der Waals surface area contributed by atoms with E-state index >= 15 is 0 Å². The number of amides is 6. The molecule has 392 valence electrons. The molecule has 1 saturated carbocycles. The van der Waals surface area contributed by atoms with Crippen molar-refractivity contribution < 1.29 is 56.5 Å². The molecule has 2 aromatic carbocycles. The fourth-order valence-corrected chi connectivity index (χ4v) is 9.22. The number of aromatic nitrogens is 4. The van der Waals surface area contributed by atoms with E-state index < -0.39 is 29.9 Å². The highest BCUT2D eigenvalue weighted by atomic mass is 19.4. The quantitative estimate of drug-likeness (QED) is 0.0509. The summed E-state index contributed by atoms with van der Waals surface area (Å²) in [6, 6.07) is 12.2. The van der Waals surface area contributed by atoms with E-state index in [4.69, 9.17) is 25.0 Å². The number of halogens is 3. The van der Waals surface area contributed by atoms with Gasteiger partial charge < -0.3 is 45.9 Å². The number of rotatable bonds is 16. The number of methoxy groups -OCH3 is 1. The van der Waals surface area contributed by atoms with Gasteiger partial charge in [0.25, 0.3) is 5.91 Å². The topological polar surface area (TPSA) is 257 Å². The first kappa shape index (κ1) is 52.7. The molecule has 3 aliphatic rings. The second-order valence-corrected chi connectivity index (χ2v) is 18.0. The Morgan fingerprint density at radius 1 is 0.959 bits per heavy atom. The number of fused-ring (bicyclic) bond motifs is 3. The summed E-state index contributed by atoms with van der Waals surface area (Å²) in [6.07, 6.45) is 4.94. The van der Waals surface area contributed by atoms with Gasteiger partial charge in [0.15, 0.2) is 6.23 Å². The molecule has 0 spiro atoms. The van der Waals surface area contributed by atoms with Crippen molar-refractivity contribution in [3.05, 3.63) is 95.3 Å². The smallest absolute Gasteiger partial charge is 0.416 e. The van der Waals surface area contributed by atoms with E-state index in [9.17, 15) is 42.3 Å². The van der Waals surface area contributed by atoms with Crippen LogP contribution in [0.2, 0.25) is 0 Å². The molecule has 3 aromatic heterocycles. The van der Waals surface area contributed by atoms with Crippen LogP contribution in [0.25, 0.3) is 28.2 Å². The minimum absolute atomic E-state index is 0.0555. The van der Waals surface area contributed by atoms with Gasteiger partial charge in [-0.1, -0.05) is 36.4 Å². The molecule has 7 N–H and O–H groups in total. The van der Waals surface area contributed by atoms with Gasteiger partial charge in [-0.15, -0.1) is 0 Å². The third-order valence-electron chi connectivity index (χ3n) is 12.9. The Kier molecular flexibility index (Phi) is 17.0. The lowest BCUT2D eigenvalue weighted by Crippen LogP contribution is -2.49. The third kappa shape index (κ3) is 12.9. The fraction of sp³-hybridized carbons (Fsp3) is 0.412. The number of alkyl halides is 3. The van der Waals surface area contributed by atoms with Crippen molar-refractivity contribution in [3.63, 3.8) is 0 Å². The fourth-order valence-electron chi connectivity index (χ4n) is 9.22. The number of nitrogens with zero attached hydrogens (tertiary/aromatic N) is 6. The van der Waals surface area contributed by atoms with Crippen molar-refractivity contribution in [3.8, 4) is 17.0 Å². The average Bonchev–Trinajstić information content (AvgIpc) is 3.80. The van der Waals surface area contributed by atoms with E-state index in [1.165, 1.54) is 18.1 Å². The second-order valence-electron chi connectivity index (χ2n) is 18.0. The van der Waals surface area contributed by atoms with Gasteiger partial charge in [-0.05, 0) is 68.9 Å². The minimum Gasteiger partial charge on any atom is -0.495 e. The minimum atomic E-state index is -4.57. The van der Waals surface area contributed by atoms with Crippen molar-refractivity contribution >= 4 is 64.0 Å². The number of urea groups is 1. The summed E-state index contributed by atoms with van der Waals surface area (Å²) in [4.78, 5) is 75.4. The number of imide groups is 1. The molecule has 0 radical (unpaired) electrons. The summed E-state index contributed by atoms with van der Waals surface area (Å²) in [5, 5.41) is 27.5. The molecule has 2 aliphatic heterocycles. The number of anilines is 3. The zero-order valence-corrected chi connectivity index (χ0v) is 40.7. The van der Waals surface area contributed by atoms with Crippen molar-refractivity contribution in [1.29, 1.82) is 0 Å². The Bertz CT molecular complexity index is 2880. The Morgan fingerprint density at radius 2 is 1.76 bits per heavy atom. The number of nitrogen functional groups attached to an aromatic ring is 1. The van der Waals surface area contributed by atoms with Gasteiger partial charge in [0, 0.05) is 66.7 Å². The molecule has 2 bridgehead atoms. The highest BCUT2D eigenvalue weighted by Crippen LogP contribution is 2.40. The predicted molar refractivity (Wildman–Crippen MR) is 267 cm³/mol. The summed E-state index contributed by atoms with van der Waals surface area (Å²) in [6.45, 7) is 1.28. The standard InChI is InChI=1S/C51H58F3N11O9/c1-72-39-14-13-33(26-38(39)64-21-16-41(66)61-50(64)71)48(69)57-19-23-74-25-24-73-22-17-43(68)63-20-4-2-3-6-34-29-58-47(55)44-45(62-65(46(34)44)37-8-5-7-36(28-37)59-42(67)30-63)31-9-11-32(12-10-31)49(70)60-40-27-35(15-18-56-40)51(52,53)54/h3,6,9-15,18,26-27,29,36-37,49,70H,2,4-5,7-8,16-17,19-25,28,30H2,1H3,(H2,55,58)(H,56,60)(H,57,69)(H,59,67)(H,61,66,71)/b6-3+/t36-,37-,49?/m1/s1. The molecule has 5 heterocycles. The number of ether oxygens (including phenoxy) is 3. The Morgan fingerprint density at radius 3 is 2.53 bits per heavy atom. The molecule has 5 aromatic rings. The molecule has 1 aliphatic carbocycles. The lowest BCUT2D eigenvalue weighted by atomic mass is 9.90. The number of aliphatic hydroxyl groups excluding tert-OH is 1. The van der Waals surface area contributed by atoms with E-state index in [0.29, 0.717) is 65.0 Å². The van der Waals surface area contributed by atoms with Gasteiger partial charge in [0.2, 0.25) is 17.7 Å². The van der Waals surface area contributed by atoms with Crippen LogP contribution in [0.4, 0.5) is 35.3 Å². The van der Waals surface area contributed by atoms with E-state index in [0.717, 1.165) is 48.7 Å². The number of benzene rings is 2. The summed E-state index contributed by atoms with van der Waals surface area (Å²) < 4.78 is 58.5. The van der Waals surface area contributed by atoms with Gasteiger partial charge >= 0.3 is 12.2 Å². The number of carbonyl (C=O) groups excluding carboxylic acids is 5. The summed E-state index contributed by atoms with van der Waals surface area (Å²) in [7, 11) is 1.45. The van der Waals surface area contributed by atoms with Gasteiger partial charge in [-0.3, -0.25) is 34.1 Å². The first-order valence-corrected chi connectivity index (χ1v) is 24.4. The molecule has 3 atom stereocenters. The average molecular weight is 1030 g/mol. The lowest BCUT2D eigenvalue weighted by molar-refractivity contribution is -0.137. The first-order valence-electron chi connectivity index (χ1n) is 24.4. The number of nitrogens with one attached hydrogen (secondary N) is 4. The summed E-state index contributed by atoms with van der Waals surface area (Å²) in [5.74, 6) is -0.760. The molecular weight excluding hydrogens is 968 g/mol. The zero-order valence-electron chi connectivity index (χ0n) is 40.7. The van der Waals surface area contributed by atoms with Gasteiger partial charge in [-0.25, -0.2) is 14.8 Å². The molecular formula is C51H58F3N11O9. The van der Waals surface area contributed by atoms with Crippen molar-refractivity contribution in [2.45, 2.75) is 75.9 Å². The van der Waals surface area contributed by atoms with Gasteiger partial charge in [0.05, 0.1) is 74.7 Å². The highest BCUT2D eigenvalue weighted by Gasteiger charge is 2.33. The molecule has 74 heavy (non-hydrogen) atoms. The normalized spacial score (nSPS) is 18.4. The van der Waals surface area contributed by atoms with Gasteiger partial charge in [-0.2, -0.15) is 18.3 Å². The van der Waals surface area contributed by atoms with Crippen LogP contribution in [-0.2, 0) is 30.0 Å². The monoisotopic (exact) mass is 1030 g/mol.